The van der Waals surface area contributed by atoms with Crippen LogP contribution in [0.1, 0.15) is 48.1 Å². The molecule has 174 valence electrons. The van der Waals surface area contributed by atoms with Crippen LogP contribution >= 0.6 is 11.6 Å². The topological polar surface area (TPSA) is 83.1 Å². The van der Waals surface area contributed by atoms with Crippen molar-refractivity contribution in [1.29, 1.82) is 5.26 Å². The summed E-state index contributed by atoms with van der Waals surface area (Å²) in [7, 11) is 0. The molecular weight excluding hydrogens is 450 g/mol. The van der Waals surface area contributed by atoms with Crippen molar-refractivity contribution in [2.45, 2.75) is 44.3 Å². The second-order valence-electron chi connectivity index (χ2n) is 9.26. The van der Waals surface area contributed by atoms with Crippen LogP contribution in [0.5, 0.6) is 0 Å². The summed E-state index contributed by atoms with van der Waals surface area (Å²) in [6.07, 6.45) is 2.95. The Morgan fingerprint density at radius 2 is 1.94 bits per heavy atom. The number of anilines is 1. The van der Waals surface area contributed by atoms with E-state index in [4.69, 9.17) is 21.4 Å². The van der Waals surface area contributed by atoms with Crippen molar-refractivity contribution >= 4 is 17.4 Å². The second kappa shape index (κ2) is 8.99. The van der Waals surface area contributed by atoms with E-state index in [2.05, 4.69) is 42.7 Å². The Morgan fingerprint density at radius 1 is 1.06 bits per heavy atom. The number of benzene rings is 1. The van der Waals surface area contributed by atoms with Crippen molar-refractivity contribution in [1.82, 2.24) is 24.6 Å². The van der Waals surface area contributed by atoms with E-state index < -0.39 is 0 Å². The summed E-state index contributed by atoms with van der Waals surface area (Å²) in [6.45, 7) is 4.88. The zero-order valence-electron chi connectivity index (χ0n) is 18.9. The molecule has 3 aromatic rings. The molecule has 1 atom stereocenters. The van der Waals surface area contributed by atoms with Crippen LogP contribution in [0.4, 0.5) is 5.82 Å². The Hall–Kier alpha value is -2.99. The van der Waals surface area contributed by atoms with Gasteiger partial charge >= 0.3 is 0 Å². The highest BCUT2D eigenvalue weighted by Crippen LogP contribution is 2.35. The van der Waals surface area contributed by atoms with E-state index in [-0.39, 0.29) is 0 Å². The zero-order chi connectivity index (χ0) is 23.1. The Morgan fingerprint density at radius 3 is 2.74 bits per heavy atom. The minimum Gasteiger partial charge on any atom is -0.380 e. The number of ether oxygens (including phenoxy) is 1. The molecule has 2 fully saturated rings. The first-order chi connectivity index (χ1) is 16.7. The van der Waals surface area contributed by atoms with Crippen LogP contribution in [0.3, 0.4) is 0 Å². The summed E-state index contributed by atoms with van der Waals surface area (Å²) in [5.74, 6) is 3.18. The molecule has 0 unspecified atom stereocenters. The van der Waals surface area contributed by atoms with E-state index in [1.54, 1.807) is 6.07 Å². The van der Waals surface area contributed by atoms with Gasteiger partial charge in [-0.25, -0.2) is 4.98 Å². The van der Waals surface area contributed by atoms with Gasteiger partial charge < -0.3 is 9.64 Å². The van der Waals surface area contributed by atoms with Gasteiger partial charge in [0.25, 0.3) is 0 Å². The number of aromatic nitrogens is 4. The minimum atomic E-state index is 0.307. The van der Waals surface area contributed by atoms with Gasteiger partial charge in [0.15, 0.2) is 5.82 Å². The van der Waals surface area contributed by atoms with Gasteiger partial charge in [-0.05, 0) is 55.2 Å². The first-order valence-electron chi connectivity index (χ1n) is 11.9. The predicted octanol–water partition coefficient (Wildman–Crippen LogP) is 3.68. The fourth-order valence-electron chi connectivity index (χ4n) is 5.41. The maximum Gasteiger partial charge on any atom is 0.151 e. The van der Waals surface area contributed by atoms with Crippen molar-refractivity contribution < 1.29 is 4.74 Å². The summed E-state index contributed by atoms with van der Waals surface area (Å²) in [6, 6.07) is 14.3. The monoisotopic (exact) mass is 475 g/mol. The summed E-state index contributed by atoms with van der Waals surface area (Å²) < 4.78 is 7.95. The van der Waals surface area contributed by atoms with Gasteiger partial charge in [-0.15, -0.1) is 10.2 Å². The average Bonchev–Trinajstić information content (AvgIpc) is 3.52. The van der Waals surface area contributed by atoms with Gasteiger partial charge in [0, 0.05) is 43.2 Å². The third-order valence-electron chi connectivity index (χ3n) is 7.21. The Bertz CT molecular complexity index is 1240. The van der Waals surface area contributed by atoms with Crippen LogP contribution in [0.15, 0.2) is 36.4 Å². The molecular formula is C25H26ClN7O. The normalized spacial score (nSPS) is 21.1. The fourth-order valence-corrected chi connectivity index (χ4v) is 5.61. The van der Waals surface area contributed by atoms with Crippen molar-refractivity contribution in [2.75, 3.05) is 31.2 Å². The second-order valence-corrected chi connectivity index (χ2v) is 9.70. The van der Waals surface area contributed by atoms with Gasteiger partial charge in [0.05, 0.1) is 18.8 Å². The third-order valence-corrected chi connectivity index (χ3v) is 7.45. The molecule has 3 aliphatic heterocycles. The number of pyridine rings is 1. The van der Waals surface area contributed by atoms with Crippen molar-refractivity contribution in [3.63, 3.8) is 0 Å². The largest absolute Gasteiger partial charge is 0.380 e. The summed E-state index contributed by atoms with van der Waals surface area (Å²) in [5, 5.41) is 19.3. The van der Waals surface area contributed by atoms with Gasteiger partial charge in [-0.2, -0.15) is 5.26 Å². The van der Waals surface area contributed by atoms with E-state index in [0.717, 1.165) is 86.8 Å². The molecule has 0 spiro atoms. The number of rotatable bonds is 3. The quantitative estimate of drug-likeness (QED) is 0.571. The lowest BCUT2D eigenvalue weighted by atomic mass is 9.95. The molecule has 8 nitrogen and oxygen atoms in total. The highest BCUT2D eigenvalue weighted by molar-refractivity contribution is 6.30. The van der Waals surface area contributed by atoms with Crippen molar-refractivity contribution in [2.24, 2.45) is 0 Å². The highest BCUT2D eigenvalue weighted by Gasteiger charge is 2.33. The van der Waals surface area contributed by atoms with Gasteiger partial charge in [-0.1, -0.05) is 17.7 Å². The maximum atomic E-state index is 9.18. The lowest BCUT2D eigenvalue weighted by Gasteiger charge is -2.32. The van der Waals surface area contributed by atoms with E-state index in [0.29, 0.717) is 17.7 Å². The predicted molar refractivity (Wildman–Crippen MR) is 128 cm³/mol. The molecule has 1 aromatic carbocycles. The maximum absolute atomic E-state index is 9.18. The van der Waals surface area contributed by atoms with Crippen molar-refractivity contribution in [3.8, 4) is 11.8 Å². The Labute approximate surface area is 203 Å². The van der Waals surface area contributed by atoms with Crippen LogP contribution < -0.4 is 4.90 Å². The molecule has 3 aliphatic rings. The molecule has 0 N–H and O–H groups in total. The number of piperidine rings is 1. The number of fused-ring (bicyclic) bond motifs is 3. The van der Waals surface area contributed by atoms with E-state index in [1.807, 2.05) is 18.2 Å². The molecule has 0 aliphatic carbocycles. The smallest absolute Gasteiger partial charge is 0.151 e. The third kappa shape index (κ3) is 3.94. The number of nitriles is 1. The Balaban J connectivity index is 1.29. The molecule has 2 saturated heterocycles. The summed E-state index contributed by atoms with van der Waals surface area (Å²) in [5.41, 5.74) is 2.79. The first kappa shape index (κ1) is 21.5. The van der Waals surface area contributed by atoms with Gasteiger partial charge in [-0.3, -0.25) is 9.47 Å². The molecule has 2 aromatic heterocycles. The standard InChI is InChI=1S/C25H26ClN7O/c26-19-4-5-22-18(12-19)14-32(21-8-11-34-16-21)15-24-29-30-25(33(22)24)17-6-9-31(10-7-17)23-3-1-2-20(13-27)28-23/h1-5,12,17,21H,6-11,14-16H2/t21-/m1/s1. The van der Waals surface area contributed by atoms with E-state index in [1.165, 1.54) is 5.56 Å². The van der Waals surface area contributed by atoms with Crippen LogP contribution in [-0.2, 0) is 17.8 Å². The number of hydrogen-bond acceptors (Lipinski definition) is 7. The number of hydrogen-bond donors (Lipinski definition) is 0. The molecule has 0 saturated carbocycles. The fraction of sp³-hybridized carbons (Fsp3) is 0.440. The molecule has 5 heterocycles. The minimum absolute atomic E-state index is 0.307. The average molecular weight is 476 g/mol. The van der Waals surface area contributed by atoms with Crippen LogP contribution in [-0.4, -0.2) is 57.0 Å². The molecule has 34 heavy (non-hydrogen) atoms. The zero-order valence-corrected chi connectivity index (χ0v) is 19.7. The summed E-state index contributed by atoms with van der Waals surface area (Å²) in [4.78, 5) is 9.18. The molecule has 0 radical (unpaired) electrons. The van der Waals surface area contributed by atoms with Crippen LogP contribution in [0.25, 0.3) is 5.69 Å². The van der Waals surface area contributed by atoms with E-state index >= 15 is 0 Å². The van der Waals surface area contributed by atoms with E-state index in [9.17, 15) is 5.26 Å². The van der Waals surface area contributed by atoms with Crippen LogP contribution in [0.2, 0.25) is 5.02 Å². The first-order valence-corrected chi connectivity index (χ1v) is 12.2. The molecule has 0 bridgehead atoms. The number of nitrogens with zero attached hydrogens (tertiary/aromatic N) is 7. The lowest BCUT2D eigenvalue weighted by molar-refractivity contribution is 0.133. The molecule has 6 rings (SSSR count). The molecule has 9 heteroatoms. The van der Waals surface area contributed by atoms with Gasteiger partial charge in [0.2, 0.25) is 0 Å². The van der Waals surface area contributed by atoms with Gasteiger partial charge in [0.1, 0.15) is 23.4 Å². The molecule has 0 amide bonds. The lowest BCUT2D eigenvalue weighted by Crippen LogP contribution is -2.34. The SMILES string of the molecule is N#Cc1cccc(N2CCC(c3nnc4n3-c3ccc(Cl)cc3CN([C@@H]3CCOC3)C4)CC2)n1. The highest BCUT2D eigenvalue weighted by atomic mass is 35.5. The van der Waals surface area contributed by atoms with Crippen LogP contribution in [0, 0.1) is 11.3 Å². The number of halogens is 1. The van der Waals surface area contributed by atoms with Crippen molar-refractivity contribution in [3.05, 3.63) is 64.3 Å². The Kier molecular flexibility index (Phi) is 5.69. The summed E-state index contributed by atoms with van der Waals surface area (Å²) >= 11 is 6.41.